The molecular formula is C48H74N4O4S. The molecule has 0 N–H and O–H groups in total. The van der Waals surface area contributed by atoms with Gasteiger partial charge in [0.05, 0.1) is 12.3 Å². The van der Waals surface area contributed by atoms with Gasteiger partial charge in [-0.3, -0.25) is 14.6 Å². The Balaban J connectivity index is 0.943. The van der Waals surface area contributed by atoms with Crippen LogP contribution in [0.4, 0.5) is 16.2 Å². The normalized spacial score (nSPS) is 15.6. The number of rotatable bonds is 26. The molecule has 2 aromatic carbocycles. The molecule has 9 heteroatoms. The monoisotopic (exact) mass is 803 g/mol. The van der Waals surface area contributed by atoms with Gasteiger partial charge >= 0.3 is 6.09 Å². The number of hydrogen-bond acceptors (Lipinski definition) is 7. The van der Waals surface area contributed by atoms with E-state index in [2.05, 4.69) is 66.3 Å². The first-order valence-electron chi connectivity index (χ1n) is 22.7. The van der Waals surface area contributed by atoms with E-state index in [9.17, 15) is 9.59 Å². The summed E-state index contributed by atoms with van der Waals surface area (Å²) in [7, 11) is 1.79. The molecule has 0 saturated carbocycles. The molecular weight excluding hydrogens is 729 g/mol. The molecule has 0 bridgehead atoms. The van der Waals surface area contributed by atoms with Crippen molar-refractivity contribution >= 4 is 44.8 Å². The van der Waals surface area contributed by atoms with E-state index in [0.29, 0.717) is 19.6 Å². The van der Waals surface area contributed by atoms with Crippen molar-refractivity contribution < 1.29 is 19.1 Å². The van der Waals surface area contributed by atoms with Crippen molar-refractivity contribution in [2.24, 2.45) is 0 Å². The second kappa shape index (κ2) is 23.9. The lowest BCUT2D eigenvalue weighted by Crippen LogP contribution is -2.46. The maximum Gasteiger partial charge on any atom is 0.411 e. The zero-order valence-corrected chi connectivity index (χ0v) is 36.9. The van der Waals surface area contributed by atoms with Crippen molar-refractivity contribution in [3.63, 3.8) is 0 Å². The Morgan fingerprint density at radius 3 is 2.09 bits per heavy atom. The fourth-order valence-electron chi connectivity index (χ4n) is 8.55. The van der Waals surface area contributed by atoms with Gasteiger partial charge in [0.25, 0.3) is 0 Å². The van der Waals surface area contributed by atoms with Gasteiger partial charge in [0.1, 0.15) is 5.75 Å². The quantitative estimate of drug-likeness (QED) is 0.0753. The van der Waals surface area contributed by atoms with E-state index in [-0.39, 0.29) is 24.1 Å². The van der Waals surface area contributed by atoms with Crippen LogP contribution in [0.3, 0.4) is 0 Å². The second-order valence-corrected chi connectivity index (χ2v) is 18.3. The molecule has 0 spiro atoms. The van der Waals surface area contributed by atoms with Crippen molar-refractivity contribution in [1.29, 1.82) is 0 Å². The van der Waals surface area contributed by atoms with Gasteiger partial charge in [-0.1, -0.05) is 129 Å². The summed E-state index contributed by atoms with van der Waals surface area (Å²) in [5.41, 5.74) is 2.90. The van der Waals surface area contributed by atoms with Gasteiger partial charge < -0.3 is 19.3 Å². The van der Waals surface area contributed by atoms with Gasteiger partial charge in [0.2, 0.25) is 5.91 Å². The van der Waals surface area contributed by atoms with Gasteiger partial charge in [0.15, 0.2) is 6.73 Å². The molecule has 1 aromatic heterocycles. The van der Waals surface area contributed by atoms with Crippen LogP contribution in [0.2, 0.25) is 0 Å². The lowest BCUT2D eigenvalue weighted by molar-refractivity contribution is -0.121. The SMILES string of the molecule is CCCCCCCCCCCCCCCCCCN(C)C(=O)OCN1C(=O)CC(C)(C)c2ccc(OCCCCN3CCN(c4cccc5sccc45)CC3)cc21. The first kappa shape index (κ1) is 44.8. The van der Waals surface area contributed by atoms with E-state index < -0.39 is 0 Å². The van der Waals surface area contributed by atoms with E-state index in [1.165, 1.54) is 106 Å². The Bertz CT molecular complexity index is 1630. The highest BCUT2D eigenvalue weighted by molar-refractivity contribution is 7.17. The third kappa shape index (κ3) is 14.2. The molecule has 2 aliphatic rings. The smallest absolute Gasteiger partial charge is 0.411 e. The van der Waals surface area contributed by atoms with Crippen LogP contribution < -0.4 is 14.5 Å². The standard InChI is InChI=1S/C48H74N4O4S/c1-5-6-7-8-9-10-11-12-13-14-15-16-17-18-19-20-29-49(4)47(54)56-39-52-44-37-40(26-27-42(44)48(2,3)38-46(52)53)55-35-22-21-30-50-31-33-51(34-32-50)43-24-23-25-45-41(43)28-36-57-45/h23-28,36-37H,5-22,29-35,38-39H2,1-4H3. The summed E-state index contributed by atoms with van der Waals surface area (Å²) >= 11 is 1.81. The number of anilines is 2. The molecule has 3 heterocycles. The molecule has 0 unspecified atom stereocenters. The number of ether oxygens (including phenoxy) is 2. The average Bonchev–Trinajstić information content (AvgIpc) is 3.70. The summed E-state index contributed by atoms with van der Waals surface area (Å²) in [6.07, 6.45) is 23.2. The highest BCUT2D eigenvalue weighted by atomic mass is 32.1. The lowest BCUT2D eigenvalue weighted by atomic mass is 9.77. The van der Waals surface area contributed by atoms with Gasteiger partial charge in [-0.05, 0) is 61.0 Å². The van der Waals surface area contributed by atoms with Crippen LogP contribution in [-0.4, -0.2) is 81.5 Å². The zero-order valence-electron chi connectivity index (χ0n) is 36.0. The van der Waals surface area contributed by atoms with Gasteiger partial charge in [-0.15, -0.1) is 11.3 Å². The number of carbonyl (C=O) groups is 2. The minimum absolute atomic E-state index is 0.0370. The molecule has 1 saturated heterocycles. The van der Waals surface area contributed by atoms with Gasteiger partial charge in [-0.2, -0.15) is 0 Å². The number of nitrogens with zero attached hydrogens (tertiary/aromatic N) is 4. The van der Waals surface area contributed by atoms with Crippen LogP contribution in [0.1, 0.15) is 148 Å². The Labute approximate surface area is 349 Å². The molecule has 0 atom stereocenters. The van der Waals surface area contributed by atoms with Crippen molar-refractivity contribution in [3.05, 3.63) is 53.4 Å². The number of unbranched alkanes of at least 4 members (excludes halogenated alkanes) is 16. The maximum absolute atomic E-state index is 13.4. The summed E-state index contributed by atoms with van der Waals surface area (Å²) in [4.78, 5) is 34.7. The van der Waals surface area contributed by atoms with Crippen molar-refractivity contribution in [3.8, 4) is 5.75 Å². The van der Waals surface area contributed by atoms with E-state index in [4.69, 9.17) is 9.47 Å². The van der Waals surface area contributed by atoms with Crippen LogP contribution in [0, 0.1) is 0 Å². The van der Waals surface area contributed by atoms with Gasteiger partial charge in [0, 0.05) is 73.4 Å². The number of carbonyl (C=O) groups excluding carboxylic acids is 2. The van der Waals surface area contributed by atoms with Crippen LogP contribution in [0.25, 0.3) is 10.1 Å². The molecule has 8 nitrogen and oxygen atoms in total. The molecule has 5 rings (SSSR count). The number of thiophene rings is 1. The fourth-order valence-corrected chi connectivity index (χ4v) is 9.36. The first-order chi connectivity index (χ1) is 27.8. The Morgan fingerprint density at radius 2 is 1.42 bits per heavy atom. The topological polar surface area (TPSA) is 65.6 Å². The van der Waals surface area contributed by atoms with Crippen molar-refractivity contribution in [2.75, 3.05) is 69.5 Å². The number of benzene rings is 2. The highest BCUT2D eigenvalue weighted by Crippen LogP contribution is 2.42. The van der Waals surface area contributed by atoms with Crippen molar-refractivity contribution in [2.45, 2.75) is 148 Å². The molecule has 2 amide bonds. The minimum Gasteiger partial charge on any atom is -0.494 e. The molecule has 0 radical (unpaired) electrons. The largest absolute Gasteiger partial charge is 0.494 e. The first-order valence-corrected chi connectivity index (χ1v) is 23.5. The number of hydrogen-bond donors (Lipinski definition) is 0. The predicted octanol–water partition coefficient (Wildman–Crippen LogP) is 12.2. The molecule has 3 aromatic rings. The van der Waals surface area contributed by atoms with Crippen LogP contribution in [0.5, 0.6) is 5.75 Å². The van der Waals surface area contributed by atoms with Gasteiger partial charge in [-0.25, -0.2) is 4.79 Å². The summed E-state index contributed by atoms with van der Waals surface area (Å²) < 4.78 is 13.3. The van der Waals surface area contributed by atoms with E-state index in [1.807, 2.05) is 23.5 Å². The summed E-state index contributed by atoms with van der Waals surface area (Å²) in [5, 5.41) is 3.56. The zero-order chi connectivity index (χ0) is 40.3. The van der Waals surface area contributed by atoms with E-state index in [1.54, 1.807) is 16.8 Å². The number of amides is 2. The van der Waals surface area contributed by atoms with Crippen LogP contribution in [-0.2, 0) is 14.9 Å². The maximum atomic E-state index is 13.4. The summed E-state index contributed by atoms with van der Waals surface area (Å²) in [6.45, 7) is 13.0. The Morgan fingerprint density at radius 1 is 0.772 bits per heavy atom. The Kier molecular flexibility index (Phi) is 18.8. The number of fused-ring (bicyclic) bond motifs is 2. The summed E-state index contributed by atoms with van der Waals surface area (Å²) in [6, 6.07) is 14.9. The van der Waals surface area contributed by atoms with Crippen molar-refractivity contribution in [1.82, 2.24) is 9.80 Å². The predicted molar refractivity (Wildman–Crippen MR) is 240 cm³/mol. The molecule has 316 valence electrons. The average molecular weight is 803 g/mol. The molecule has 1 fully saturated rings. The highest BCUT2D eigenvalue weighted by Gasteiger charge is 2.37. The molecule has 2 aliphatic heterocycles. The van der Waals surface area contributed by atoms with Crippen LogP contribution in [0.15, 0.2) is 47.8 Å². The van der Waals surface area contributed by atoms with Crippen LogP contribution >= 0.6 is 11.3 Å². The van der Waals surface area contributed by atoms with E-state index >= 15 is 0 Å². The third-order valence-electron chi connectivity index (χ3n) is 12.2. The minimum atomic E-state index is -0.385. The van der Waals surface area contributed by atoms with E-state index in [0.717, 1.165) is 75.4 Å². The Hall–Kier alpha value is -3.30. The third-order valence-corrected chi connectivity index (χ3v) is 13.1. The molecule has 57 heavy (non-hydrogen) atoms. The second-order valence-electron chi connectivity index (χ2n) is 17.3. The number of piperazine rings is 1. The molecule has 0 aliphatic carbocycles. The fraction of sp³-hybridized carbons (Fsp3) is 0.667. The summed E-state index contributed by atoms with van der Waals surface area (Å²) in [5.74, 6) is 0.706. The lowest BCUT2D eigenvalue weighted by Gasteiger charge is -2.38.